The quantitative estimate of drug-likeness (QED) is 0.415. The number of amides is 3. The Kier molecular flexibility index (Phi) is 7.04. The number of nitrogens with zero attached hydrogens (tertiary/aromatic N) is 2. The van der Waals surface area contributed by atoms with Crippen molar-refractivity contribution in [1.82, 2.24) is 20.4 Å². The molecule has 3 atom stereocenters. The van der Waals surface area contributed by atoms with E-state index in [0.717, 1.165) is 12.0 Å². The van der Waals surface area contributed by atoms with Gasteiger partial charge in [0.2, 0.25) is 5.91 Å². The zero-order valence-electron chi connectivity index (χ0n) is 19.1. The van der Waals surface area contributed by atoms with Crippen LogP contribution >= 0.6 is 11.6 Å². The van der Waals surface area contributed by atoms with Crippen molar-refractivity contribution in [1.29, 1.82) is 0 Å². The van der Waals surface area contributed by atoms with Gasteiger partial charge in [0, 0.05) is 22.7 Å². The molecule has 3 aromatic rings. The molecule has 1 aromatic heterocycles. The molecule has 2 heterocycles. The Morgan fingerprint density at radius 1 is 1.18 bits per heavy atom. The number of ether oxygens (including phenoxy) is 1. The highest BCUT2D eigenvalue weighted by atomic mass is 35.5. The van der Waals surface area contributed by atoms with Gasteiger partial charge in [0.25, 0.3) is 0 Å². The lowest BCUT2D eigenvalue weighted by Crippen LogP contribution is -2.57. The molecule has 1 fully saturated rings. The fourth-order valence-corrected chi connectivity index (χ4v) is 4.20. The molecule has 2 aromatic carbocycles. The van der Waals surface area contributed by atoms with E-state index in [9.17, 15) is 9.59 Å². The van der Waals surface area contributed by atoms with Crippen molar-refractivity contribution < 1.29 is 14.3 Å². The standard InChI is InChI=1S/C24H27ClN6O3/c1-4-17-14(2)26-23(29-22(17)32)31-21(13-18(30-31)15-8-6-5-7-9-15)28-24(33)27-19-12-16(25)10-11-20(19)34-3/h5-14,17,23,26H,4H2,1-3H3,(H,29,32)(H2,27,28,33). The molecule has 1 saturated heterocycles. The summed E-state index contributed by atoms with van der Waals surface area (Å²) >= 11 is 6.08. The molecule has 0 saturated carbocycles. The number of aromatic nitrogens is 2. The Labute approximate surface area is 202 Å². The lowest BCUT2D eigenvalue weighted by atomic mass is 9.95. The molecule has 0 bridgehead atoms. The second-order valence-electron chi connectivity index (χ2n) is 8.03. The van der Waals surface area contributed by atoms with E-state index in [1.807, 2.05) is 44.2 Å². The Hall–Kier alpha value is -3.56. The maximum Gasteiger partial charge on any atom is 0.324 e. The smallest absolute Gasteiger partial charge is 0.324 e. The van der Waals surface area contributed by atoms with Crippen molar-refractivity contribution in [3.63, 3.8) is 0 Å². The Morgan fingerprint density at radius 3 is 2.62 bits per heavy atom. The van der Waals surface area contributed by atoms with Gasteiger partial charge in [-0.3, -0.25) is 15.4 Å². The maximum absolute atomic E-state index is 12.9. The summed E-state index contributed by atoms with van der Waals surface area (Å²) in [6.45, 7) is 3.94. The van der Waals surface area contributed by atoms with Crippen LogP contribution in [-0.4, -0.2) is 34.9 Å². The van der Waals surface area contributed by atoms with Crippen LogP contribution in [0.25, 0.3) is 11.3 Å². The predicted molar refractivity (Wildman–Crippen MR) is 132 cm³/mol. The van der Waals surface area contributed by atoms with Crippen molar-refractivity contribution in [2.45, 2.75) is 32.6 Å². The lowest BCUT2D eigenvalue weighted by molar-refractivity contribution is -0.130. The number of carbonyl (C=O) groups excluding carboxylic acids is 2. The van der Waals surface area contributed by atoms with Crippen LogP contribution in [0.3, 0.4) is 0 Å². The number of nitrogens with one attached hydrogen (secondary N) is 4. The number of urea groups is 1. The third-order valence-electron chi connectivity index (χ3n) is 5.78. The van der Waals surface area contributed by atoms with Gasteiger partial charge in [0.1, 0.15) is 11.6 Å². The molecule has 1 aliphatic heterocycles. The van der Waals surface area contributed by atoms with Gasteiger partial charge >= 0.3 is 6.03 Å². The van der Waals surface area contributed by atoms with Crippen LogP contribution < -0.4 is 26.0 Å². The summed E-state index contributed by atoms with van der Waals surface area (Å²) in [4.78, 5) is 25.6. The molecule has 34 heavy (non-hydrogen) atoms. The van der Waals surface area contributed by atoms with E-state index in [4.69, 9.17) is 16.3 Å². The van der Waals surface area contributed by atoms with Gasteiger partial charge in [0.05, 0.1) is 24.4 Å². The maximum atomic E-state index is 12.9. The Morgan fingerprint density at radius 2 is 1.94 bits per heavy atom. The molecule has 3 amide bonds. The van der Waals surface area contributed by atoms with Crippen LogP contribution in [0.15, 0.2) is 54.6 Å². The first-order valence-electron chi connectivity index (χ1n) is 11.0. The normalized spacial score (nSPS) is 19.9. The summed E-state index contributed by atoms with van der Waals surface area (Å²) < 4.78 is 6.87. The summed E-state index contributed by atoms with van der Waals surface area (Å²) in [5.74, 6) is 0.668. The number of rotatable bonds is 6. The zero-order valence-corrected chi connectivity index (χ0v) is 19.9. The van der Waals surface area contributed by atoms with Gasteiger partial charge in [-0.1, -0.05) is 48.9 Å². The second-order valence-corrected chi connectivity index (χ2v) is 8.47. The average molecular weight is 483 g/mol. The molecule has 178 valence electrons. The lowest BCUT2D eigenvalue weighted by Gasteiger charge is -2.35. The van der Waals surface area contributed by atoms with E-state index in [2.05, 4.69) is 26.4 Å². The molecular weight excluding hydrogens is 456 g/mol. The molecule has 0 spiro atoms. The summed E-state index contributed by atoms with van der Waals surface area (Å²) in [5, 5.41) is 17.1. The van der Waals surface area contributed by atoms with E-state index in [-0.39, 0.29) is 17.9 Å². The minimum absolute atomic E-state index is 0.0606. The number of benzene rings is 2. The number of methoxy groups -OCH3 is 1. The van der Waals surface area contributed by atoms with Gasteiger partial charge in [0.15, 0.2) is 6.29 Å². The van der Waals surface area contributed by atoms with Crippen LogP contribution in [0.5, 0.6) is 5.75 Å². The molecule has 0 radical (unpaired) electrons. The first-order valence-corrected chi connectivity index (χ1v) is 11.4. The fourth-order valence-electron chi connectivity index (χ4n) is 4.03. The van der Waals surface area contributed by atoms with Crippen molar-refractivity contribution in [2.75, 3.05) is 17.7 Å². The molecule has 4 rings (SSSR count). The highest BCUT2D eigenvalue weighted by molar-refractivity contribution is 6.31. The molecular formula is C24H27ClN6O3. The van der Waals surface area contributed by atoms with Gasteiger partial charge in [-0.15, -0.1) is 0 Å². The highest BCUT2D eigenvalue weighted by Gasteiger charge is 2.34. The van der Waals surface area contributed by atoms with Gasteiger partial charge in [-0.05, 0) is 31.5 Å². The van der Waals surface area contributed by atoms with E-state index < -0.39 is 12.3 Å². The fraction of sp³-hybridized carbons (Fsp3) is 0.292. The number of hydrogen-bond donors (Lipinski definition) is 4. The number of anilines is 2. The van der Waals surface area contributed by atoms with Crippen molar-refractivity contribution in [2.24, 2.45) is 5.92 Å². The van der Waals surface area contributed by atoms with Gasteiger partial charge < -0.3 is 15.4 Å². The van der Waals surface area contributed by atoms with Crippen molar-refractivity contribution >= 4 is 35.0 Å². The third-order valence-corrected chi connectivity index (χ3v) is 6.02. The number of halogens is 1. The first-order chi connectivity index (χ1) is 16.4. The van der Waals surface area contributed by atoms with E-state index in [1.165, 1.54) is 7.11 Å². The second kappa shape index (κ2) is 10.1. The first kappa shape index (κ1) is 23.6. The van der Waals surface area contributed by atoms with Crippen LogP contribution in [0.2, 0.25) is 5.02 Å². The predicted octanol–water partition coefficient (Wildman–Crippen LogP) is 4.45. The summed E-state index contributed by atoms with van der Waals surface area (Å²) in [5.41, 5.74) is 1.95. The molecule has 10 heteroatoms. The van der Waals surface area contributed by atoms with Crippen LogP contribution in [0.4, 0.5) is 16.3 Å². The summed E-state index contributed by atoms with van der Waals surface area (Å²) in [7, 11) is 1.51. The largest absolute Gasteiger partial charge is 0.495 e. The average Bonchev–Trinajstić information content (AvgIpc) is 3.23. The molecule has 9 nitrogen and oxygen atoms in total. The monoisotopic (exact) mass is 482 g/mol. The van der Waals surface area contributed by atoms with E-state index in [1.54, 1.807) is 28.9 Å². The van der Waals surface area contributed by atoms with E-state index in [0.29, 0.717) is 28.0 Å². The summed E-state index contributed by atoms with van der Waals surface area (Å²) in [6.07, 6.45) is 0.0922. The zero-order chi connectivity index (χ0) is 24.2. The van der Waals surface area contributed by atoms with Gasteiger partial charge in [-0.2, -0.15) is 5.10 Å². The Bertz CT molecular complexity index is 1180. The van der Waals surface area contributed by atoms with Crippen molar-refractivity contribution in [3.05, 3.63) is 59.6 Å². The topological polar surface area (TPSA) is 109 Å². The van der Waals surface area contributed by atoms with E-state index >= 15 is 0 Å². The molecule has 3 unspecified atom stereocenters. The minimum Gasteiger partial charge on any atom is -0.495 e. The highest BCUT2D eigenvalue weighted by Crippen LogP contribution is 2.29. The third kappa shape index (κ3) is 5.00. The summed E-state index contributed by atoms with van der Waals surface area (Å²) in [6, 6.07) is 15.7. The Balaban J connectivity index is 1.63. The molecule has 4 N–H and O–H groups in total. The molecule has 1 aliphatic rings. The van der Waals surface area contributed by atoms with Crippen LogP contribution in [-0.2, 0) is 4.79 Å². The minimum atomic E-state index is -0.626. The SMILES string of the molecule is CCC1C(=O)NC(n2nc(-c3ccccc3)cc2NC(=O)Nc2cc(Cl)ccc2OC)NC1C. The van der Waals surface area contributed by atoms with Crippen molar-refractivity contribution in [3.8, 4) is 17.0 Å². The van der Waals surface area contributed by atoms with Gasteiger partial charge in [-0.25, -0.2) is 9.48 Å². The number of carbonyl (C=O) groups is 2. The van der Waals surface area contributed by atoms with Crippen LogP contribution in [0.1, 0.15) is 26.6 Å². The van der Waals surface area contributed by atoms with Crippen LogP contribution in [0, 0.1) is 5.92 Å². The number of hydrogen-bond acceptors (Lipinski definition) is 5. The molecule has 0 aliphatic carbocycles.